The van der Waals surface area contributed by atoms with Crippen molar-refractivity contribution < 1.29 is 19.4 Å². The fraction of sp³-hybridized carbons (Fsp3) is 0.462. The molecule has 5 nitrogen and oxygen atoms in total. The highest BCUT2D eigenvalue weighted by atomic mass is 32.1. The molecule has 0 aliphatic carbocycles. The first-order valence-electron chi connectivity index (χ1n) is 11.3. The van der Waals surface area contributed by atoms with Gasteiger partial charge in [0.15, 0.2) is 0 Å². The summed E-state index contributed by atoms with van der Waals surface area (Å²) < 4.78 is 4.75. The maximum Gasteiger partial charge on any atom is 0.348 e. The Morgan fingerprint density at radius 1 is 1.25 bits per heavy atom. The maximum absolute atomic E-state index is 12.4. The predicted molar refractivity (Wildman–Crippen MR) is 128 cm³/mol. The molecule has 172 valence electrons. The third-order valence-electron chi connectivity index (χ3n) is 6.09. The Labute approximate surface area is 194 Å². The van der Waals surface area contributed by atoms with Gasteiger partial charge >= 0.3 is 5.97 Å². The van der Waals surface area contributed by atoms with Crippen molar-refractivity contribution in [2.45, 2.75) is 57.6 Å². The summed E-state index contributed by atoms with van der Waals surface area (Å²) in [6, 6.07) is 14.1. The molecule has 2 aromatic rings. The first kappa shape index (κ1) is 24.2. The lowest BCUT2D eigenvalue weighted by Gasteiger charge is -2.23. The molecule has 3 atom stereocenters. The Kier molecular flexibility index (Phi) is 9.06. The summed E-state index contributed by atoms with van der Waals surface area (Å²) in [4.78, 5) is 27.6. The number of likely N-dealkylation sites (tertiary alicyclic amines) is 1. The SMILES string of the molecule is COC(=O)c1ccc(CCCN2C(=O)CC[C@@H]2/C=C/[C@@H](O)[C@@H](C)CCc2ccccc2)s1. The van der Waals surface area contributed by atoms with E-state index in [1.54, 1.807) is 6.07 Å². The Balaban J connectivity index is 1.46. The molecule has 1 aliphatic rings. The van der Waals surface area contributed by atoms with Crippen molar-refractivity contribution in [3.8, 4) is 0 Å². The van der Waals surface area contributed by atoms with Gasteiger partial charge in [-0.1, -0.05) is 49.4 Å². The molecule has 0 bridgehead atoms. The molecule has 1 amide bonds. The van der Waals surface area contributed by atoms with E-state index in [-0.39, 0.29) is 23.8 Å². The number of carbonyl (C=O) groups is 2. The van der Waals surface area contributed by atoms with E-state index in [2.05, 4.69) is 19.1 Å². The number of thiophene rings is 1. The van der Waals surface area contributed by atoms with Gasteiger partial charge in [0, 0.05) is 17.8 Å². The van der Waals surface area contributed by atoms with Crippen molar-refractivity contribution in [1.29, 1.82) is 0 Å². The second-order valence-corrected chi connectivity index (χ2v) is 9.60. The molecule has 6 heteroatoms. The predicted octanol–water partition coefficient (Wildman–Crippen LogP) is 4.64. The lowest BCUT2D eigenvalue weighted by molar-refractivity contribution is -0.128. The number of hydrogen-bond donors (Lipinski definition) is 1. The summed E-state index contributed by atoms with van der Waals surface area (Å²) in [5, 5.41) is 10.6. The maximum atomic E-state index is 12.4. The summed E-state index contributed by atoms with van der Waals surface area (Å²) >= 11 is 1.44. The van der Waals surface area contributed by atoms with Gasteiger partial charge in [0.25, 0.3) is 0 Å². The Morgan fingerprint density at radius 2 is 2.03 bits per heavy atom. The monoisotopic (exact) mass is 455 g/mol. The third kappa shape index (κ3) is 6.78. The molecule has 0 saturated carbocycles. The number of esters is 1. The van der Waals surface area contributed by atoms with Crippen LogP contribution in [0.15, 0.2) is 54.6 Å². The average molecular weight is 456 g/mol. The van der Waals surface area contributed by atoms with Gasteiger partial charge < -0.3 is 14.7 Å². The fourth-order valence-electron chi connectivity index (χ4n) is 4.03. The van der Waals surface area contributed by atoms with Gasteiger partial charge in [-0.2, -0.15) is 0 Å². The van der Waals surface area contributed by atoms with E-state index in [1.807, 2.05) is 41.3 Å². The summed E-state index contributed by atoms with van der Waals surface area (Å²) in [7, 11) is 1.38. The van der Waals surface area contributed by atoms with Crippen LogP contribution < -0.4 is 0 Å². The number of benzene rings is 1. The van der Waals surface area contributed by atoms with Crippen molar-refractivity contribution in [2.75, 3.05) is 13.7 Å². The zero-order valence-electron chi connectivity index (χ0n) is 18.9. The normalized spacial score (nSPS) is 18.3. The minimum atomic E-state index is -0.515. The molecule has 32 heavy (non-hydrogen) atoms. The van der Waals surface area contributed by atoms with Crippen molar-refractivity contribution in [3.63, 3.8) is 0 Å². The molecule has 0 unspecified atom stereocenters. The minimum absolute atomic E-state index is 0.0486. The van der Waals surface area contributed by atoms with E-state index in [0.717, 1.165) is 37.0 Å². The van der Waals surface area contributed by atoms with Crippen molar-refractivity contribution in [1.82, 2.24) is 4.90 Å². The van der Waals surface area contributed by atoms with E-state index in [4.69, 9.17) is 4.74 Å². The molecule has 3 rings (SSSR count). The molecule has 0 radical (unpaired) electrons. The van der Waals surface area contributed by atoms with Gasteiger partial charge in [0.05, 0.1) is 19.3 Å². The topological polar surface area (TPSA) is 66.8 Å². The number of methoxy groups -OCH3 is 1. The summed E-state index contributed by atoms with van der Waals surface area (Å²) in [5.41, 5.74) is 1.28. The van der Waals surface area contributed by atoms with E-state index >= 15 is 0 Å². The zero-order chi connectivity index (χ0) is 22.9. The number of aryl methyl sites for hydroxylation is 2. The van der Waals surface area contributed by atoms with Gasteiger partial charge in [0.1, 0.15) is 4.88 Å². The van der Waals surface area contributed by atoms with Crippen LogP contribution in [0.4, 0.5) is 0 Å². The van der Waals surface area contributed by atoms with Gasteiger partial charge in [-0.15, -0.1) is 11.3 Å². The molecule has 1 aromatic heterocycles. The first-order valence-corrected chi connectivity index (χ1v) is 12.2. The Bertz CT molecular complexity index is 908. The van der Waals surface area contributed by atoms with Crippen LogP contribution in [0.1, 0.15) is 52.7 Å². The zero-order valence-corrected chi connectivity index (χ0v) is 19.7. The number of ether oxygens (including phenoxy) is 1. The van der Waals surface area contributed by atoms with Crippen LogP contribution in [0.25, 0.3) is 0 Å². The molecule has 1 aromatic carbocycles. The van der Waals surface area contributed by atoms with E-state index in [1.165, 1.54) is 24.0 Å². The highest BCUT2D eigenvalue weighted by molar-refractivity contribution is 7.13. The largest absolute Gasteiger partial charge is 0.465 e. The average Bonchev–Trinajstić information content (AvgIpc) is 3.43. The smallest absolute Gasteiger partial charge is 0.348 e. The standard InChI is InChI=1S/C26H33NO4S/c1-19(10-11-20-7-4-3-5-8-20)23(28)15-12-21-13-17-25(29)27(21)18-6-9-22-14-16-24(32-22)26(30)31-2/h3-5,7-8,12,14-16,19,21,23,28H,6,9-11,13,17-18H2,1-2H3/b15-12+/t19-,21-,23+/m0/s1. The van der Waals surface area contributed by atoms with Crippen LogP contribution >= 0.6 is 11.3 Å². The van der Waals surface area contributed by atoms with Gasteiger partial charge in [-0.25, -0.2) is 4.79 Å². The van der Waals surface area contributed by atoms with Crippen LogP contribution in [0.2, 0.25) is 0 Å². The molecule has 1 N–H and O–H groups in total. The van der Waals surface area contributed by atoms with Crippen molar-refractivity contribution in [3.05, 3.63) is 69.9 Å². The number of amides is 1. The molecule has 1 fully saturated rings. The second kappa shape index (κ2) is 12.0. The number of hydrogen-bond acceptors (Lipinski definition) is 5. The molecule has 2 heterocycles. The highest BCUT2D eigenvalue weighted by Crippen LogP contribution is 2.23. The van der Waals surface area contributed by atoms with E-state index in [9.17, 15) is 14.7 Å². The summed E-state index contributed by atoms with van der Waals surface area (Å²) in [5.74, 6) is 0.0188. The van der Waals surface area contributed by atoms with Crippen molar-refractivity contribution in [2.24, 2.45) is 5.92 Å². The molecule has 0 spiro atoms. The first-order chi connectivity index (χ1) is 15.5. The third-order valence-corrected chi connectivity index (χ3v) is 7.21. The molecule has 1 saturated heterocycles. The lowest BCUT2D eigenvalue weighted by atomic mass is 9.95. The number of aliphatic hydroxyl groups is 1. The van der Waals surface area contributed by atoms with E-state index in [0.29, 0.717) is 17.8 Å². The Hall–Kier alpha value is -2.44. The minimum Gasteiger partial charge on any atom is -0.465 e. The number of rotatable bonds is 11. The van der Waals surface area contributed by atoms with Crippen LogP contribution in [-0.2, 0) is 22.4 Å². The van der Waals surface area contributed by atoms with Crippen LogP contribution in [0.5, 0.6) is 0 Å². The lowest BCUT2D eigenvalue weighted by Crippen LogP contribution is -2.33. The summed E-state index contributed by atoms with van der Waals surface area (Å²) in [6.45, 7) is 2.75. The molecular weight excluding hydrogens is 422 g/mol. The van der Waals surface area contributed by atoms with Gasteiger partial charge in [-0.3, -0.25) is 4.79 Å². The molecule has 1 aliphatic heterocycles. The fourth-order valence-corrected chi connectivity index (χ4v) is 5.00. The van der Waals surface area contributed by atoms with E-state index < -0.39 is 6.10 Å². The molecular formula is C26H33NO4S. The van der Waals surface area contributed by atoms with Crippen LogP contribution in [-0.4, -0.2) is 47.7 Å². The van der Waals surface area contributed by atoms with Crippen molar-refractivity contribution >= 4 is 23.2 Å². The number of aliphatic hydroxyl groups excluding tert-OH is 1. The highest BCUT2D eigenvalue weighted by Gasteiger charge is 2.28. The van der Waals surface area contributed by atoms with Crippen LogP contribution in [0.3, 0.4) is 0 Å². The Morgan fingerprint density at radius 3 is 2.78 bits per heavy atom. The van der Waals surface area contributed by atoms with Crippen LogP contribution in [0, 0.1) is 5.92 Å². The number of nitrogens with zero attached hydrogens (tertiary/aromatic N) is 1. The number of carbonyl (C=O) groups excluding carboxylic acids is 2. The van der Waals surface area contributed by atoms with Gasteiger partial charge in [0.2, 0.25) is 5.91 Å². The quantitative estimate of drug-likeness (QED) is 0.396. The second-order valence-electron chi connectivity index (χ2n) is 8.43. The van der Waals surface area contributed by atoms with Gasteiger partial charge in [-0.05, 0) is 55.7 Å². The summed E-state index contributed by atoms with van der Waals surface area (Å²) in [6.07, 6.45) is 8.24.